The Hall–Kier alpha value is -0.560. The molecule has 0 bridgehead atoms. The molecule has 1 aromatic rings. The van der Waals surface area contributed by atoms with Crippen molar-refractivity contribution in [3.8, 4) is 0 Å². The van der Waals surface area contributed by atoms with Crippen LogP contribution in [-0.4, -0.2) is 34.6 Å². The molecule has 1 saturated heterocycles. The molecule has 2 aliphatic rings. The third-order valence-electron chi connectivity index (χ3n) is 3.61. The molecule has 1 spiro atoms. The second kappa shape index (κ2) is 5.61. The largest absolute Gasteiger partial charge is 0.347 e. The lowest BCUT2D eigenvalue weighted by atomic mass is 9.94. The normalized spacial score (nSPS) is 26.8. The highest BCUT2D eigenvalue weighted by molar-refractivity contribution is 7.03. The molecule has 1 aliphatic carbocycles. The Morgan fingerprint density at radius 2 is 2.28 bits per heavy atom. The van der Waals surface area contributed by atoms with Gasteiger partial charge in [-0.25, -0.2) is 0 Å². The number of ether oxygens (including phenoxy) is 2. The van der Waals surface area contributed by atoms with Gasteiger partial charge in [-0.2, -0.15) is 0 Å². The van der Waals surface area contributed by atoms with E-state index in [0.717, 1.165) is 31.6 Å². The van der Waals surface area contributed by atoms with Gasteiger partial charge >= 0.3 is 0 Å². The zero-order valence-electron chi connectivity index (χ0n) is 10.4. The summed E-state index contributed by atoms with van der Waals surface area (Å²) in [6.45, 7) is 2.28. The van der Waals surface area contributed by atoms with Gasteiger partial charge in [-0.15, -0.1) is 5.10 Å². The van der Waals surface area contributed by atoms with Gasteiger partial charge in [0, 0.05) is 31.3 Å². The molecule has 1 aliphatic heterocycles. The van der Waals surface area contributed by atoms with Crippen LogP contribution >= 0.6 is 11.5 Å². The Balaban J connectivity index is 1.42. The predicted molar refractivity (Wildman–Crippen MR) is 68.3 cm³/mol. The summed E-state index contributed by atoms with van der Waals surface area (Å²) >= 11 is 1.38. The van der Waals surface area contributed by atoms with Crippen molar-refractivity contribution in [2.75, 3.05) is 13.2 Å². The molecule has 2 fully saturated rings. The monoisotopic (exact) mass is 269 g/mol. The maximum Gasteiger partial charge on any atom is 0.168 e. The first-order valence-corrected chi connectivity index (χ1v) is 7.48. The fourth-order valence-corrected chi connectivity index (χ4v) is 3.14. The highest BCUT2D eigenvalue weighted by atomic mass is 32.1. The van der Waals surface area contributed by atoms with E-state index >= 15 is 0 Å². The molecule has 100 valence electrons. The van der Waals surface area contributed by atoms with Crippen LogP contribution in [0.25, 0.3) is 0 Å². The number of nitrogens with one attached hydrogen (secondary N) is 1. The number of hydrogen-bond donors (Lipinski definition) is 1. The predicted octanol–water partition coefficient (Wildman–Crippen LogP) is 1.70. The standard InChI is InChI=1S/C12H19N3O2S/c1-2-4-12(5-3-1)16-8-11(17-12)7-13-6-10-9-18-15-14-10/h9,11,13H,1-8H2/t11-/m1/s1. The van der Waals surface area contributed by atoms with E-state index < -0.39 is 0 Å². The molecule has 3 rings (SSSR count). The van der Waals surface area contributed by atoms with Crippen LogP contribution in [0.1, 0.15) is 37.8 Å². The quantitative estimate of drug-likeness (QED) is 0.901. The Bertz CT molecular complexity index is 365. The maximum absolute atomic E-state index is 6.09. The SMILES string of the molecule is c1snnc1CNC[C@@H]1COC2(CCCCC2)O1. The molecule has 1 N–H and O–H groups in total. The van der Waals surface area contributed by atoms with Gasteiger partial charge in [0.05, 0.1) is 18.4 Å². The second-order valence-electron chi connectivity index (χ2n) is 5.05. The Morgan fingerprint density at radius 1 is 1.39 bits per heavy atom. The summed E-state index contributed by atoms with van der Waals surface area (Å²) < 4.78 is 15.8. The molecule has 5 nitrogen and oxygen atoms in total. The Labute approximate surface area is 111 Å². The van der Waals surface area contributed by atoms with Crippen molar-refractivity contribution in [2.45, 2.75) is 50.5 Å². The van der Waals surface area contributed by atoms with E-state index in [4.69, 9.17) is 9.47 Å². The number of hydrogen-bond acceptors (Lipinski definition) is 6. The molecule has 1 aromatic heterocycles. The van der Waals surface area contributed by atoms with Gasteiger partial charge in [-0.1, -0.05) is 10.9 Å². The average Bonchev–Trinajstić information content (AvgIpc) is 3.02. The summed E-state index contributed by atoms with van der Waals surface area (Å²) in [5.74, 6) is -0.257. The minimum atomic E-state index is -0.257. The third kappa shape index (κ3) is 2.88. The van der Waals surface area contributed by atoms with Gasteiger partial charge in [0.25, 0.3) is 0 Å². The number of aromatic nitrogens is 2. The molecular weight excluding hydrogens is 250 g/mol. The summed E-state index contributed by atoms with van der Waals surface area (Å²) in [7, 11) is 0. The van der Waals surface area contributed by atoms with Crippen molar-refractivity contribution in [3.63, 3.8) is 0 Å². The lowest BCUT2D eigenvalue weighted by Gasteiger charge is -2.31. The minimum absolute atomic E-state index is 0.176. The number of nitrogens with zero attached hydrogens (tertiary/aromatic N) is 2. The first kappa shape index (κ1) is 12.5. The minimum Gasteiger partial charge on any atom is -0.347 e. The third-order valence-corrected chi connectivity index (χ3v) is 4.17. The van der Waals surface area contributed by atoms with E-state index in [-0.39, 0.29) is 11.9 Å². The van der Waals surface area contributed by atoms with E-state index in [0.29, 0.717) is 6.61 Å². The lowest BCUT2D eigenvalue weighted by Crippen LogP contribution is -2.35. The first-order valence-electron chi connectivity index (χ1n) is 6.65. The molecule has 18 heavy (non-hydrogen) atoms. The highest BCUT2D eigenvalue weighted by Crippen LogP contribution is 2.37. The van der Waals surface area contributed by atoms with Crippen LogP contribution in [0.4, 0.5) is 0 Å². The van der Waals surface area contributed by atoms with Crippen LogP contribution in [0.15, 0.2) is 5.38 Å². The van der Waals surface area contributed by atoms with Crippen LogP contribution in [0.2, 0.25) is 0 Å². The summed E-state index contributed by atoms with van der Waals surface area (Å²) in [6, 6.07) is 0. The zero-order chi connectivity index (χ0) is 12.3. The molecule has 0 radical (unpaired) electrons. The van der Waals surface area contributed by atoms with Crippen molar-refractivity contribution >= 4 is 11.5 Å². The fourth-order valence-electron chi connectivity index (χ4n) is 2.69. The van der Waals surface area contributed by atoms with Crippen molar-refractivity contribution in [3.05, 3.63) is 11.1 Å². The fraction of sp³-hybridized carbons (Fsp3) is 0.833. The zero-order valence-corrected chi connectivity index (χ0v) is 11.2. The lowest BCUT2D eigenvalue weighted by molar-refractivity contribution is -0.186. The van der Waals surface area contributed by atoms with Gasteiger partial charge in [-0.05, 0) is 24.4 Å². The van der Waals surface area contributed by atoms with Crippen molar-refractivity contribution in [1.29, 1.82) is 0 Å². The van der Waals surface area contributed by atoms with Crippen molar-refractivity contribution < 1.29 is 9.47 Å². The Morgan fingerprint density at radius 3 is 3.06 bits per heavy atom. The summed E-state index contributed by atoms with van der Waals surface area (Å²) in [5, 5.41) is 9.31. The molecular formula is C12H19N3O2S. The van der Waals surface area contributed by atoms with Gasteiger partial charge in [0.1, 0.15) is 0 Å². The van der Waals surface area contributed by atoms with E-state index in [1.165, 1.54) is 30.8 Å². The molecule has 0 aromatic carbocycles. The van der Waals surface area contributed by atoms with E-state index in [1.54, 1.807) is 0 Å². The molecule has 1 atom stereocenters. The Kier molecular flexibility index (Phi) is 3.88. The van der Waals surface area contributed by atoms with Crippen LogP contribution in [0.3, 0.4) is 0 Å². The van der Waals surface area contributed by atoms with Gasteiger partial charge in [0.2, 0.25) is 0 Å². The topological polar surface area (TPSA) is 56.3 Å². The highest BCUT2D eigenvalue weighted by Gasteiger charge is 2.41. The van der Waals surface area contributed by atoms with Gasteiger partial charge in [-0.3, -0.25) is 0 Å². The van der Waals surface area contributed by atoms with Crippen LogP contribution in [0, 0.1) is 0 Å². The van der Waals surface area contributed by atoms with Crippen molar-refractivity contribution in [2.24, 2.45) is 0 Å². The smallest absolute Gasteiger partial charge is 0.168 e. The molecule has 1 saturated carbocycles. The molecule has 6 heteroatoms. The molecule has 0 amide bonds. The van der Waals surface area contributed by atoms with Crippen LogP contribution < -0.4 is 5.32 Å². The summed E-state index contributed by atoms with van der Waals surface area (Å²) in [5.41, 5.74) is 0.992. The number of rotatable bonds is 4. The van der Waals surface area contributed by atoms with Gasteiger partial charge < -0.3 is 14.8 Å². The maximum atomic E-state index is 6.09. The second-order valence-corrected chi connectivity index (χ2v) is 5.66. The van der Waals surface area contributed by atoms with Gasteiger partial charge in [0.15, 0.2) is 5.79 Å². The van der Waals surface area contributed by atoms with E-state index in [1.807, 2.05) is 5.38 Å². The van der Waals surface area contributed by atoms with Crippen molar-refractivity contribution in [1.82, 2.24) is 14.9 Å². The summed E-state index contributed by atoms with van der Waals surface area (Å²) in [6.07, 6.45) is 6.05. The molecule has 2 heterocycles. The van der Waals surface area contributed by atoms with Crippen LogP contribution in [0.5, 0.6) is 0 Å². The molecule has 0 unspecified atom stereocenters. The van der Waals surface area contributed by atoms with E-state index in [2.05, 4.69) is 14.9 Å². The summed E-state index contributed by atoms with van der Waals surface area (Å²) in [4.78, 5) is 0. The first-order chi connectivity index (χ1) is 8.86. The van der Waals surface area contributed by atoms with E-state index in [9.17, 15) is 0 Å². The van der Waals surface area contributed by atoms with Crippen LogP contribution in [-0.2, 0) is 16.0 Å². The average molecular weight is 269 g/mol.